The van der Waals surface area contributed by atoms with E-state index in [9.17, 15) is 4.79 Å². The molecular weight excluding hydrogens is 326 g/mol. The van der Waals surface area contributed by atoms with Crippen LogP contribution in [0.3, 0.4) is 0 Å². The van der Waals surface area contributed by atoms with Gasteiger partial charge >= 0.3 is 0 Å². The van der Waals surface area contributed by atoms with Gasteiger partial charge in [-0.05, 0) is 48.6 Å². The van der Waals surface area contributed by atoms with Crippen LogP contribution in [-0.2, 0) is 10.2 Å². The van der Waals surface area contributed by atoms with Gasteiger partial charge in [-0.25, -0.2) is 0 Å². The molecule has 2 rings (SSSR count). The molecule has 2 aromatic rings. The minimum atomic E-state index is -0.601. The molecule has 4 heteroatoms. The molecule has 4 nitrogen and oxygen atoms in total. The minimum Gasteiger partial charge on any atom is -0.494 e. The number of benzene rings is 2. The molecule has 0 aliphatic heterocycles. The van der Waals surface area contributed by atoms with Gasteiger partial charge in [0.2, 0.25) is 0 Å². The number of amides is 1. The van der Waals surface area contributed by atoms with Gasteiger partial charge in [-0.2, -0.15) is 0 Å². The molecule has 0 aliphatic carbocycles. The molecule has 0 saturated heterocycles. The lowest BCUT2D eigenvalue weighted by Crippen LogP contribution is -2.30. The maximum Gasteiger partial charge on any atom is 0.265 e. The van der Waals surface area contributed by atoms with Gasteiger partial charge in [0.1, 0.15) is 11.5 Å². The van der Waals surface area contributed by atoms with Crippen LogP contribution < -0.4 is 14.8 Å². The third-order valence-electron chi connectivity index (χ3n) is 3.98. The van der Waals surface area contributed by atoms with Gasteiger partial charge < -0.3 is 14.8 Å². The van der Waals surface area contributed by atoms with E-state index in [-0.39, 0.29) is 11.3 Å². The van der Waals surface area contributed by atoms with Crippen LogP contribution >= 0.6 is 0 Å². The van der Waals surface area contributed by atoms with Crippen LogP contribution in [0, 0.1) is 0 Å². The summed E-state index contributed by atoms with van der Waals surface area (Å²) in [5.41, 5.74) is 2.01. The molecule has 2 aromatic carbocycles. The second kappa shape index (κ2) is 8.75. The number of rotatable bonds is 7. The molecule has 0 aromatic heterocycles. The second-order valence-corrected chi connectivity index (χ2v) is 7.40. The predicted octanol–water partition coefficient (Wildman–Crippen LogP) is 5.18. The third kappa shape index (κ3) is 5.80. The molecule has 1 N–H and O–H groups in total. The highest BCUT2D eigenvalue weighted by atomic mass is 16.5. The Labute approximate surface area is 156 Å². The molecule has 0 heterocycles. The molecule has 0 radical (unpaired) electrons. The summed E-state index contributed by atoms with van der Waals surface area (Å²) < 4.78 is 11.4. The molecule has 0 aliphatic rings. The van der Waals surface area contributed by atoms with E-state index < -0.39 is 6.10 Å². The van der Waals surface area contributed by atoms with Gasteiger partial charge in [0.15, 0.2) is 6.10 Å². The topological polar surface area (TPSA) is 47.6 Å². The fraction of sp³-hybridized carbons (Fsp3) is 0.409. The van der Waals surface area contributed by atoms with Crippen molar-refractivity contribution < 1.29 is 14.3 Å². The van der Waals surface area contributed by atoms with E-state index in [0.717, 1.165) is 12.2 Å². The first kappa shape index (κ1) is 19.8. The van der Waals surface area contributed by atoms with E-state index in [1.165, 1.54) is 5.56 Å². The Morgan fingerprint density at radius 3 is 2.38 bits per heavy atom. The van der Waals surface area contributed by atoms with Crippen molar-refractivity contribution >= 4 is 11.6 Å². The fourth-order valence-electron chi connectivity index (χ4n) is 2.42. The van der Waals surface area contributed by atoms with Crippen molar-refractivity contribution in [3.63, 3.8) is 0 Å². The summed E-state index contributed by atoms with van der Waals surface area (Å²) in [5.74, 6) is 1.23. The van der Waals surface area contributed by atoms with Gasteiger partial charge in [-0.3, -0.25) is 4.79 Å². The molecule has 1 unspecified atom stereocenters. The van der Waals surface area contributed by atoms with Crippen molar-refractivity contribution in [2.75, 3.05) is 11.9 Å². The maximum absolute atomic E-state index is 12.4. The average molecular weight is 355 g/mol. The molecule has 0 saturated carbocycles. The monoisotopic (exact) mass is 355 g/mol. The number of nitrogens with one attached hydrogen (secondary N) is 1. The third-order valence-corrected chi connectivity index (χ3v) is 3.98. The van der Waals surface area contributed by atoms with Crippen LogP contribution in [0.25, 0.3) is 0 Å². The average Bonchev–Trinajstić information content (AvgIpc) is 2.60. The van der Waals surface area contributed by atoms with Gasteiger partial charge in [-0.1, -0.05) is 45.9 Å². The summed E-state index contributed by atoms with van der Waals surface area (Å²) in [6.45, 7) is 10.9. The lowest BCUT2D eigenvalue weighted by atomic mass is 9.87. The minimum absolute atomic E-state index is 0.0897. The SMILES string of the molecule is CCCOc1cccc(NC(=O)C(C)Oc2ccc(C(C)(C)C)cc2)c1. The Morgan fingerprint density at radius 1 is 1.08 bits per heavy atom. The highest BCUT2D eigenvalue weighted by Crippen LogP contribution is 2.25. The van der Waals surface area contributed by atoms with Crippen LogP contribution in [-0.4, -0.2) is 18.6 Å². The first-order chi connectivity index (χ1) is 12.3. The zero-order chi connectivity index (χ0) is 19.2. The van der Waals surface area contributed by atoms with Crippen molar-refractivity contribution in [2.24, 2.45) is 0 Å². The van der Waals surface area contributed by atoms with E-state index in [1.54, 1.807) is 6.92 Å². The molecular formula is C22H29NO3. The van der Waals surface area contributed by atoms with Gasteiger partial charge in [0.05, 0.1) is 6.61 Å². The number of hydrogen-bond donors (Lipinski definition) is 1. The predicted molar refractivity (Wildman–Crippen MR) is 106 cm³/mol. The Kier molecular flexibility index (Phi) is 6.67. The summed E-state index contributed by atoms with van der Waals surface area (Å²) in [6.07, 6.45) is 0.339. The second-order valence-electron chi connectivity index (χ2n) is 7.40. The van der Waals surface area contributed by atoms with E-state index in [0.29, 0.717) is 18.0 Å². The quantitative estimate of drug-likeness (QED) is 0.744. The lowest BCUT2D eigenvalue weighted by Gasteiger charge is -2.20. The zero-order valence-corrected chi connectivity index (χ0v) is 16.3. The van der Waals surface area contributed by atoms with Gasteiger partial charge in [-0.15, -0.1) is 0 Å². The Morgan fingerprint density at radius 2 is 1.77 bits per heavy atom. The smallest absolute Gasteiger partial charge is 0.265 e. The normalized spacial score (nSPS) is 12.3. The zero-order valence-electron chi connectivity index (χ0n) is 16.3. The number of carbonyl (C=O) groups excluding carboxylic acids is 1. The summed E-state index contributed by atoms with van der Waals surface area (Å²) in [5, 5.41) is 2.87. The lowest BCUT2D eigenvalue weighted by molar-refractivity contribution is -0.122. The van der Waals surface area contributed by atoms with Crippen molar-refractivity contribution in [1.82, 2.24) is 0 Å². The number of anilines is 1. The van der Waals surface area contributed by atoms with Gasteiger partial charge in [0, 0.05) is 11.8 Å². The standard InChI is InChI=1S/C22H29NO3/c1-6-14-25-20-9-7-8-18(15-20)23-21(24)16(2)26-19-12-10-17(11-13-19)22(3,4)5/h7-13,15-16H,6,14H2,1-5H3,(H,23,24). The number of hydrogen-bond acceptors (Lipinski definition) is 3. The summed E-state index contributed by atoms with van der Waals surface area (Å²) >= 11 is 0. The van der Waals surface area contributed by atoms with Crippen molar-refractivity contribution in [2.45, 2.75) is 52.6 Å². The largest absolute Gasteiger partial charge is 0.494 e. The van der Waals surface area contributed by atoms with Crippen molar-refractivity contribution in [1.29, 1.82) is 0 Å². The molecule has 26 heavy (non-hydrogen) atoms. The molecule has 0 bridgehead atoms. The van der Waals surface area contributed by atoms with Gasteiger partial charge in [0.25, 0.3) is 5.91 Å². The van der Waals surface area contributed by atoms with E-state index in [2.05, 4.69) is 33.0 Å². The Balaban J connectivity index is 1.95. The highest BCUT2D eigenvalue weighted by Gasteiger charge is 2.17. The molecule has 140 valence electrons. The first-order valence-electron chi connectivity index (χ1n) is 9.10. The van der Waals surface area contributed by atoms with Crippen LogP contribution in [0.5, 0.6) is 11.5 Å². The molecule has 1 atom stereocenters. The first-order valence-corrected chi connectivity index (χ1v) is 9.10. The Hall–Kier alpha value is -2.49. The van der Waals surface area contributed by atoms with Crippen LogP contribution in [0.2, 0.25) is 0 Å². The molecule has 0 spiro atoms. The Bertz CT molecular complexity index is 717. The van der Waals surface area contributed by atoms with Crippen LogP contribution in [0.4, 0.5) is 5.69 Å². The van der Waals surface area contributed by atoms with Crippen LogP contribution in [0.15, 0.2) is 48.5 Å². The number of carbonyl (C=O) groups is 1. The summed E-state index contributed by atoms with van der Waals surface area (Å²) in [4.78, 5) is 12.4. The fourth-order valence-corrected chi connectivity index (χ4v) is 2.42. The van der Waals surface area contributed by atoms with E-state index in [4.69, 9.17) is 9.47 Å². The molecule has 1 amide bonds. The van der Waals surface area contributed by atoms with Crippen molar-refractivity contribution in [3.8, 4) is 11.5 Å². The summed E-state index contributed by atoms with van der Waals surface area (Å²) in [6, 6.07) is 15.3. The maximum atomic E-state index is 12.4. The van der Waals surface area contributed by atoms with E-state index >= 15 is 0 Å². The number of ether oxygens (including phenoxy) is 2. The van der Waals surface area contributed by atoms with E-state index in [1.807, 2.05) is 48.5 Å². The summed E-state index contributed by atoms with van der Waals surface area (Å²) in [7, 11) is 0. The molecule has 0 fully saturated rings. The highest BCUT2D eigenvalue weighted by molar-refractivity contribution is 5.94. The van der Waals surface area contributed by atoms with Crippen molar-refractivity contribution in [3.05, 3.63) is 54.1 Å². The van der Waals surface area contributed by atoms with Crippen LogP contribution in [0.1, 0.15) is 46.6 Å².